The molecule has 0 radical (unpaired) electrons. The molecule has 1 aromatic rings. The van der Waals surface area contributed by atoms with E-state index in [4.69, 9.17) is 11.6 Å². The molecule has 6 heteroatoms. The Morgan fingerprint density at radius 2 is 2.20 bits per heavy atom. The number of aromatic nitrogens is 1. The van der Waals surface area contributed by atoms with Crippen LogP contribution in [0.5, 0.6) is 0 Å². The molecule has 1 aromatic heterocycles. The van der Waals surface area contributed by atoms with E-state index in [2.05, 4.69) is 35.7 Å². The first-order valence-electron chi connectivity index (χ1n) is 6.79. The molecule has 4 nitrogen and oxygen atoms in total. The molecule has 1 heterocycles. The zero-order chi connectivity index (χ0) is 15.0. The zero-order valence-electron chi connectivity index (χ0n) is 12.2. The molecule has 0 saturated heterocycles. The molecule has 1 amide bonds. The molecular formula is C14H22ClN3OS. The van der Waals surface area contributed by atoms with Crippen molar-refractivity contribution in [3.05, 3.63) is 22.8 Å². The maximum absolute atomic E-state index is 12.1. The topological polar surface area (TPSA) is 54.0 Å². The van der Waals surface area contributed by atoms with Crippen molar-refractivity contribution >= 4 is 35.1 Å². The summed E-state index contributed by atoms with van der Waals surface area (Å²) in [4.78, 5) is 16.2. The Labute approximate surface area is 130 Å². The summed E-state index contributed by atoms with van der Waals surface area (Å²) in [6.07, 6.45) is 4.01. The van der Waals surface area contributed by atoms with E-state index in [1.807, 2.05) is 0 Å². The SMILES string of the molecule is CCCNc1cc(C(=O)NCCC(C)SC)cc(Cl)n1. The van der Waals surface area contributed by atoms with Crippen LogP contribution in [-0.2, 0) is 0 Å². The molecule has 0 aliphatic heterocycles. The summed E-state index contributed by atoms with van der Waals surface area (Å²) < 4.78 is 0. The van der Waals surface area contributed by atoms with Crippen LogP contribution in [0, 0.1) is 0 Å². The highest BCUT2D eigenvalue weighted by Crippen LogP contribution is 2.15. The Morgan fingerprint density at radius 3 is 2.85 bits per heavy atom. The monoisotopic (exact) mass is 315 g/mol. The molecule has 1 atom stereocenters. The third-order valence-corrected chi connectivity index (χ3v) is 4.09. The van der Waals surface area contributed by atoms with Gasteiger partial charge in [-0.15, -0.1) is 0 Å². The quantitative estimate of drug-likeness (QED) is 0.722. The molecule has 0 spiro atoms. The summed E-state index contributed by atoms with van der Waals surface area (Å²) in [5, 5.41) is 6.91. The zero-order valence-corrected chi connectivity index (χ0v) is 13.8. The molecule has 1 rings (SSSR count). The van der Waals surface area contributed by atoms with Crippen LogP contribution < -0.4 is 10.6 Å². The standard InChI is InChI=1S/C14H22ClN3OS/c1-4-6-16-13-9-11(8-12(15)18-13)14(19)17-7-5-10(2)20-3/h8-10H,4-7H2,1-3H3,(H,16,18)(H,17,19). The molecule has 0 fully saturated rings. The van der Waals surface area contributed by atoms with Gasteiger partial charge in [0.25, 0.3) is 5.91 Å². The van der Waals surface area contributed by atoms with Crippen LogP contribution in [0.2, 0.25) is 5.15 Å². The number of hydrogen-bond donors (Lipinski definition) is 2. The Morgan fingerprint density at radius 1 is 1.45 bits per heavy atom. The first kappa shape index (κ1) is 17.1. The number of carbonyl (C=O) groups is 1. The van der Waals surface area contributed by atoms with E-state index < -0.39 is 0 Å². The van der Waals surface area contributed by atoms with E-state index in [9.17, 15) is 4.79 Å². The van der Waals surface area contributed by atoms with Crippen LogP contribution in [0.4, 0.5) is 5.82 Å². The summed E-state index contributed by atoms with van der Waals surface area (Å²) in [5.41, 5.74) is 0.542. The van der Waals surface area contributed by atoms with Crippen molar-refractivity contribution in [1.82, 2.24) is 10.3 Å². The first-order chi connectivity index (χ1) is 9.56. The molecule has 0 saturated carbocycles. The molecule has 0 aliphatic rings. The van der Waals surface area contributed by atoms with Gasteiger partial charge in [0.2, 0.25) is 0 Å². The third kappa shape index (κ3) is 6.01. The fraction of sp³-hybridized carbons (Fsp3) is 0.571. The Balaban J connectivity index is 2.60. The van der Waals surface area contributed by atoms with E-state index in [0.717, 1.165) is 19.4 Å². The predicted molar refractivity (Wildman–Crippen MR) is 88.0 cm³/mol. The summed E-state index contributed by atoms with van der Waals surface area (Å²) in [7, 11) is 0. The number of halogens is 1. The fourth-order valence-corrected chi connectivity index (χ4v) is 2.14. The second-order valence-electron chi connectivity index (χ2n) is 4.58. The Hall–Kier alpha value is -0.940. The predicted octanol–water partition coefficient (Wildman–Crippen LogP) is 3.43. The summed E-state index contributed by atoms with van der Waals surface area (Å²) in [6, 6.07) is 3.32. The maximum atomic E-state index is 12.1. The number of anilines is 1. The van der Waals surface area contributed by atoms with Crippen LogP contribution in [0.3, 0.4) is 0 Å². The first-order valence-corrected chi connectivity index (χ1v) is 8.45. The van der Waals surface area contributed by atoms with E-state index >= 15 is 0 Å². The Kier molecular flexibility index (Phi) is 7.77. The largest absolute Gasteiger partial charge is 0.370 e. The van der Waals surface area contributed by atoms with Crippen molar-refractivity contribution in [2.45, 2.75) is 31.9 Å². The van der Waals surface area contributed by atoms with Crippen LogP contribution in [0.25, 0.3) is 0 Å². The number of rotatable bonds is 8. The molecular weight excluding hydrogens is 294 g/mol. The third-order valence-electron chi connectivity index (χ3n) is 2.85. The fourth-order valence-electron chi connectivity index (χ4n) is 1.58. The van der Waals surface area contributed by atoms with Crippen molar-refractivity contribution in [2.24, 2.45) is 0 Å². The lowest BCUT2D eigenvalue weighted by Gasteiger charge is -2.10. The highest BCUT2D eigenvalue weighted by atomic mass is 35.5. The number of nitrogens with zero attached hydrogens (tertiary/aromatic N) is 1. The number of hydrogen-bond acceptors (Lipinski definition) is 4. The van der Waals surface area contributed by atoms with Gasteiger partial charge in [0, 0.05) is 23.9 Å². The van der Waals surface area contributed by atoms with E-state index in [-0.39, 0.29) is 5.91 Å². The minimum atomic E-state index is -0.109. The summed E-state index contributed by atoms with van der Waals surface area (Å²) >= 11 is 7.74. The minimum absolute atomic E-state index is 0.109. The van der Waals surface area contributed by atoms with Gasteiger partial charge in [-0.05, 0) is 31.2 Å². The lowest BCUT2D eigenvalue weighted by molar-refractivity contribution is 0.0953. The lowest BCUT2D eigenvalue weighted by atomic mass is 10.2. The van der Waals surface area contributed by atoms with Gasteiger partial charge in [-0.2, -0.15) is 11.8 Å². The highest BCUT2D eigenvalue weighted by molar-refractivity contribution is 7.99. The lowest BCUT2D eigenvalue weighted by Crippen LogP contribution is -2.26. The van der Waals surface area contributed by atoms with Gasteiger partial charge in [0.05, 0.1) is 0 Å². The molecule has 20 heavy (non-hydrogen) atoms. The second kappa shape index (κ2) is 9.08. The van der Waals surface area contributed by atoms with Gasteiger partial charge in [0.1, 0.15) is 11.0 Å². The summed E-state index contributed by atoms with van der Waals surface area (Å²) in [5.74, 6) is 0.532. The van der Waals surface area contributed by atoms with Gasteiger partial charge in [-0.1, -0.05) is 25.4 Å². The van der Waals surface area contributed by atoms with Gasteiger partial charge >= 0.3 is 0 Å². The maximum Gasteiger partial charge on any atom is 0.251 e. The molecule has 0 aliphatic carbocycles. The second-order valence-corrected chi connectivity index (χ2v) is 6.24. The van der Waals surface area contributed by atoms with Crippen LogP contribution in [-0.4, -0.2) is 35.5 Å². The van der Waals surface area contributed by atoms with Crippen molar-refractivity contribution in [2.75, 3.05) is 24.7 Å². The number of carbonyl (C=O) groups excluding carboxylic acids is 1. The van der Waals surface area contributed by atoms with Crippen molar-refractivity contribution in [3.63, 3.8) is 0 Å². The molecule has 0 bridgehead atoms. The smallest absolute Gasteiger partial charge is 0.251 e. The molecule has 0 aromatic carbocycles. The molecule has 2 N–H and O–H groups in total. The van der Waals surface area contributed by atoms with Crippen molar-refractivity contribution in [3.8, 4) is 0 Å². The van der Waals surface area contributed by atoms with E-state index in [0.29, 0.717) is 28.3 Å². The van der Waals surface area contributed by atoms with Gasteiger partial charge in [0.15, 0.2) is 0 Å². The molecule has 1 unspecified atom stereocenters. The Bertz CT molecular complexity index is 442. The van der Waals surface area contributed by atoms with Crippen LogP contribution in [0.1, 0.15) is 37.0 Å². The summed E-state index contributed by atoms with van der Waals surface area (Å²) in [6.45, 7) is 5.68. The van der Waals surface area contributed by atoms with Crippen LogP contribution >= 0.6 is 23.4 Å². The highest BCUT2D eigenvalue weighted by Gasteiger charge is 2.09. The number of thioether (sulfide) groups is 1. The van der Waals surface area contributed by atoms with Crippen LogP contribution in [0.15, 0.2) is 12.1 Å². The minimum Gasteiger partial charge on any atom is -0.370 e. The van der Waals surface area contributed by atoms with E-state index in [1.54, 1.807) is 23.9 Å². The normalized spacial score (nSPS) is 12.0. The van der Waals surface area contributed by atoms with Crippen molar-refractivity contribution < 1.29 is 4.79 Å². The number of amides is 1. The van der Waals surface area contributed by atoms with Crippen molar-refractivity contribution in [1.29, 1.82) is 0 Å². The van der Waals surface area contributed by atoms with Gasteiger partial charge in [-0.3, -0.25) is 4.79 Å². The average Bonchev–Trinajstić information content (AvgIpc) is 2.44. The molecule has 112 valence electrons. The van der Waals surface area contributed by atoms with E-state index in [1.165, 1.54) is 0 Å². The number of pyridine rings is 1. The van der Waals surface area contributed by atoms with Gasteiger partial charge in [-0.25, -0.2) is 4.98 Å². The van der Waals surface area contributed by atoms with Gasteiger partial charge < -0.3 is 10.6 Å². The number of nitrogens with one attached hydrogen (secondary N) is 2. The average molecular weight is 316 g/mol.